The summed E-state index contributed by atoms with van der Waals surface area (Å²) in [5.74, 6) is -0.0341. The van der Waals surface area contributed by atoms with E-state index in [9.17, 15) is 13.2 Å². The highest BCUT2D eigenvalue weighted by Crippen LogP contribution is 2.13. The maximum atomic E-state index is 12.4. The van der Waals surface area contributed by atoms with Gasteiger partial charge in [-0.25, -0.2) is 8.42 Å². The quantitative estimate of drug-likeness (QED) is 0.765. The second-order valence-corrected chi connectivity index (χ2v) is 7.50. The Morgan fingerprint density at radius 3 is 2.48 bits per heavy atom. The fourth-order valence-corrected chi connectivity index (χ4v) is 4.01. The minimum Gasteiger partial charge on any atom is -0.340 e. The zero-order chi connectivity index (χ0) is 16.0. The maximum Gasteiger partial charge on any atom is 0.237 e. The molecule has 1 aliphatic rings. The fourth-order valence-electron chi connectivity index (χ4n) is 2.55. The highest BCUT2D eigenvalue weighted by Gasteiger charge is 2.31. The molecule has 8 heteroatoms. The molecule has 2 rings (SSSR count). The van der Waals surface area contributed by atoms with Crippen LogP contribution in [0.3, 0.4) is 0 Å². The number of carbonyl (C=O) groups excluding carboxylic acids is 1. The first-order valence-corrected chi connectivity index (χ1v) is 9.13. The molecule has 2 N–H and O–H groups in total. The van der Waals surface area contributed by atoms with Crippen molar-refractivity contribution in [2.45, 2.75) is 12.8 Å². The van der Waals surface area contributed by atoms with E-state index in [0.717, 1.165) is 12.0 Å². The predicted octanol–water partition coefficient (Wildman–Crippen LogP) is 0.474. The van der Waals surface area contributed by atoms with Crippen LogP contribution >= 0.6 is 12.4 Å². The van der Waals surface area contributed by atoms with Crippen molar-refractivity contribution in [2.75, 3.05) is 38.5 Å². The summed E-state index contributed by atoms with van der Waals surface area (Å²) in [4.78, 5) is 14.0. The summed E-state index contributed by atoms with van der Waals surface area (Å²) in [5.41, 5.74) is 6.72. The van der Waals surface area contributed by atoms with Crippen LogP contribution < -0.4 is 5.73 Å². The Balaban J connectivity index is 0.00000264. The molecule has 23 heavy (non-hydrogen) atoms. The summed E-state index contributed by atoms with van der Waals surface area (Å²) in [6.07, 6.45) is 1.33. The Morgan fingerprint density at radius 2 is 1.91 bits per heavy atom. The number of carbonyl (C=O) groups is 1. The van der Waals surface area contributed by atoms with Gasteiger partial charge < -0.3 is 10.6 Å². The van der Waals surface area contributed by atoms with Crippen LogP contribution in [0.25, 0.3) is 0 Å². The first-order valence-electron chi connectivity index (χ1n) is 7.52. The Hall–Kier alpha value is -1.15. The van der Waals surface area contributed by atoms with E-state index in [-0.39, 0.29) is 30.6 Å². The molecule has 0 unspecified atom stereocenters. The summed E-state index contributed by atoms with van der Waals surface area (Å²) in [5, 5.41) is 0. The zero-order valence-corrected chi connectivity index (χ0v) is 14.7. The topological polar surface area (TPSA) is 83.7 Å². The molecular formula is C15H24ClN3O3S. The Bertz CT molecular complexity index is 595. The number of rotatable bonds is 7. The Morgan fingerprint density at radius 1 is 1.22 bits per heavy atom. The highest BCUT2D eigenvalue weighted by molar-refractivity contribution is 7.89. The van der Waals surface area contributed by atoms with Crippen LogP contribution in [0.15, 0.2) is 30.3 Å². The van der Waals surface area contributed by atoms with Gasteiger partial charge in [0.1, 0.15) is 0 Å². The number of nitrogens with zero attached hydrogens (tertiary/aromatic N) is 2. The number of halogens is 1. The van der Waals surface area contributed by atoms with E-state index >= 15 is 0 Å². The van der Waals surface area contributed by atoms with Gasteiger partial charge in [0.05, 0.1) is 12.3 Å². The van der Waals surface area contributed by atoms with Crippen LogP contribution in [-0.4, -0.2) is 62.0 Å². The van der Waals surface area contributed by atoms with Crippen molar-refractivity contribution in [1.29, 1.82) is 0 Å². The van der Waals surface area contributed by atoms with Gasteiger partial charge in [-0.2, -0.15) is 4.31 Å². The molecule has 0 atom stereocenters. The first kappa shape index (κ1) is 19.9. The van der Waals surface area contributed by atoms with E-state index in [1.165, 1.54) is 4.31 Å². The van der Waals surface area contributed by atoms with Crippen molar-refractivity contribution >= 4 is 28.3 Å². The molecule has 1 saturated heterocycles. The summed E-state index contributed by atoms with van der Waals surface area (Å²) in [6.45, 7) is 1.72. The molecule has 130 valence electrons. The fraction of sp³-hybridized carbons (Fsp3) is 0.533. The van der Waals surface area contributed by atoms with Crippen LogP contribution in [0, 0.1) is 0 Å². The number of hydrogen-bond acceptors (Lipinski definition) is 4. The molecule has 6 nitrogen and oxygen atoms in total. The lowest BCUT2D eigenvalue weighted by Crippen LogP contribution is -2.43. The molecule has 0 aliphatic carbocycles. The van der Waals surface area contributed by atoms with E-state index < -0.39 is 10.0 Å². The van der Waals surface area contributed by atoms with Gasteiger partial charge in [-0.05, 0) is 18.4 Å². The molecule has 1 heterocycles. The molecule has 1 amide bonds. The summed E-state index contributed by atoms with van der Waals surface area (Å²) in [7, 11) is -3.24. The van der Waals surface area contributed by atoms with Gasteiger partial charge in [0.25, 0.3) is 0 Å². The van der Waals surface area contributed by atoms with Gasteiger partial charge >= 0.3 is 0 Å². The SMILES string of the molecule is Cl.NCCN(CCc1ccccc1)C(=O)CN1CCCS1(=O)=O. The zero-order valence-electron chi connectivity index (χ0n) is 13.1. The molecule has 0 bridgehead atoms. The standard InChI is InChI=1S/C15H23N3O3S.ClH/c16-8-11-17(10-7-14-5-2-1-3-6-14)15(19)13-18-9-4-12-22(18,20)21;/h1-3,5-6H,4,7-13,16H2;1H. The van der Waals surface area contributed by atoms with Crippen LogP contribution in [0.2, 0.25) is 0 Å². The van der Waals surface area contributed by atoms with Crippen molar-refractivity contribution in [3.05, 3.63) is 35.9 Å². The average molecular weight is 362 g/mol. The van der Waals surface area contributed by atoms with E-state index in [4.69, 9.17) is 5.73 Å². The number of amides is 1. The van der Waals surface area contributed by atoms with Gasteiger partial charge in [0.2, 0.25) is 15.9 Å². The van der Waals surface area contributed by atoms with Crippen molar-refractivity contribution < 1.29 is 13.2 Å². The highest BCUT2D eigenvalue weighted by atomic mass is 35.5. The van der Waals surface area contributed by atoms with Gasteiger partial charge in [-0.1, -0.05) is 30.3 Å². The van der Waals surface area contributed by atoms with Gasteiger partial charge in [0, 0.05) is 26.2 Å². The van der Waals surface area contributed by atoms with E-state index in [2.05, 4.69) is 0 Å². The molecule has 1 aromatic carbocycles. The minimum absolute atomic E-state index is 0. The van der Waals surface area contributed by atoms with Crippen LogP contribution in [0.4, 0.5) is 0 Å². The van der Waals surface area contributed by atoms with E-state index in [1.807, 2.05) is 30.3 Å². The third-order valence-electron chi connectivity index (χ3n) is 3.78. The molecule has 0 radical (unpaired) electrons. The molecule has 0 spiro atoms. The van der Waals surface area contributed by atoms with Crippen molar-refractivity contribution in [1.82, 2.24) is 9.21 Å². The van der Waals surface area contributed by atoms with Crippen molar-refractivity contribution in [3.8, 4) is 0 Å². The predicted molar refractivity (Wildman–Crippen MR) is 93.0 cm³/mol. The normalized spacial score (nSPS) is 16.7. The van der Waals surface area contributed by atoms with Gasteiger partial charge in [-0.15, -0.1) is 12.4 Å². The number of nitrogens with two attached hydrogens (primary N) is 1. The largest absolute Gasteiger partial charge is 0.340 e. The second-order valence-electron chi connectivity index (χ2n) is 5.41. The van der Waals surface area contributed by atoms with E-state index in [0.29, 0.717) is 32.6 Å². The van der Waals surface area contributed by atoms with Crippen LogP contribution in [-0.2, 0) is 21.2 Å². The lowest BCUT2D eigenvalue weighted by Gasteiger charge is -2.24. The number of benzene rings is 1. The molecule has 1 aromatic rings. The molecule has 1 fully saturated rings. The Kier molecular flexibility index (Phi) is 7.98. The number of hydrogen-bond donors (Lipinski definition) is 1. The second kappa shape index (κ2) is 9.22. The van der Waals surface area contributed by atoms with Gasteiger partial charge in [0.15, 0.2) is 0 Å². The lowest BCUT2D eigenvalue weighted by atomic mass is 10.1. The molecule has 0 aromatic heterocycles. The Labute approximate surface area is 144 Å². The summed E-state index contributed by atoms with van der Waals surface area (Å²) in [6, 6.07) is 9.89. The smallest absolute Gasteiger partial charge is 0.237 e. The maximum absolute atomic E-state index is 12.4. The van der Waals surface area contributed by atoms with Gasteiger partial charge in [-0.3, -0.25) is 4.79 Å². The molecular weight excluding hydrogens is 338 g/mol. The molecule has 0 saturated carbocycles. The van der Waals surface area contributed by atoms with Crippen LogP contribution in [0.5, 0.6) is 0 Å². The summed E-state index contributed by atoms with van der Waals surface area (Å²) >= 11 is 0. The number of sulfonamides is 1. The van der Waals surface area contributed by atoms with Crippen molar-refractivity contribution in [2.24, 2.45) is 5.73 Å². The summed E-state index contributed by atoms with van der Waals surface area (Å²) < 4.78 is 24.9. The minimum atomic E-state index is -3.24. The first-order chi connectivity index (χ1) is 10.5. The molecule has 1 aliphatic heterocycles. The van der Waals surface area contributed by atoms with E-state index in [1.54, 1.807) is 4.90 Å². The lowest BCUT2D eigenvalue weighted by molar-refractivity contribution is -0.131. The third kappa shape index (κ3) is 5.76. The van der Waals surface area contributed by atoms with Crippen molar-refractivity contribution in [3.63, 3.8) is 0 Å². The monoisotopic (exact) mass is 361 g/mol. The van der Waals surface area contributed by atoms with Crippen LogP contribution in [0.1, 0.15) is 12.0 Å². The third-order valence-corrected chi connectivity index (χ3v) is 5.68. The average Bonchev–Trinajstić information content (AvgIpc) is 2.83.